The Morgan fingerprint density at radius 3 is 2.30 bits per heavy atom. The molecule has 2 N–H and O–H groups in total. The summed E-state index contributed by atoms with van der Waals surface area (Å²) in [5.74, 6) is 0.957. The number of ether oxygens (including phenoxy) is 2. The first-order valence-corrected chi connectivity index (χ1v) is 7.81. The number of rotatable bonds is 5. The van der Waals surface area contributed by atoms with Crippen molar-refractivity contribution in [2.24, 2.45) is 5.73 Å². The van der Waals surface area contributed by atoms with Gasteiger partial charge in [-0.05, 0) is 43.4 Å². The lowest BCUT2D eigenvalue weighted by atomic mass is 9.77. The number of methoxy groups -OCH3 is 1. The summed E-state index contributed by atoms with van der Waals surface area (Å²) in [4.78, 5) is 0. The molecule has 2 aliphatic carbocycles. The van der Waals surface area contributed by atoms with Gasteiger partial charge in [0.05, 0.1) is 17.7 Å². The van der Waals surface area contributed by atoms with Crippen molar-refractivity contribution in [1.82, 2.24) is 0 Å². The molecular formula is C17H25NO2. The largest absolute Gasteiger partial charge is 0.490 e. The highest BCUT2D eigenvalue weighted by Gasteiger charge is 2.38. The van der Waals surface area contributed by atoms with Gasteiger partial charge in [-0.25, -0.2) is 0 Å². The molecule has 2 fully saturated rings. The van der Waals surface area contributed by atoms with Gasteiger partial charge < -0.3 is 15.2 Å². The van der Waals surface area contributed by atoms with E-state index in [0.29, 0.717) is 6.10 Å². The Morgan fingerprint density at radius 1 is 1.10 bits per heavy atom. The van der Waals surface area contributed by atoms with E-state index in [-0.39, 0.29) is 11.6 Å². The van der Waals surface area contributed by atoms with Gasteiger partial charge in [0.1, 0.15) is 5.75 Å². The standard InChI is InChI=1S/C17H25NO2/c1-19-17(11-3-2-4-12-17)16(18)13-5-7-14(8-6-13)20-15-9-10-15/h5-8,15-16H,2-4,9-12,18H2,1H3. The summed E-state index contributed by atoms with van der Waals surface area (Å²) in [6.45, 7) is 0. The maximum atomic E-state index is 6.51. The molecule has 0 radical (unpaired) electrons. The van der Waals surface area contributed by atoms with Gasteiger partial charge in [-0.1, -0.05) is 31.4 Å². The summed E-state index contributed by atoms with van der Waals surface area (Å²) in [7, 11) is 1.80. The van der Waals surface area contributed by atoms with Crippen molar-refractivity contribution in [2.75, 3.05) is 7.11 Å². The smallest absolute Gasteiger partial charge is 0.119 e. The second-order valence-electron chi connectivity index (χ2n) is 6.19. The minimum Gasteiger partial charge on any atom is -0.490 e. The molecule has 1 atom stereocenters. The third-order valence-electron chi connectivity index (χ3n) is 4.74. The van der Waals surface area contributed by atoms with Crippen LogP contribution in [0.25, 0.3) is 0 Å². The Morgan fingerprint density at radius 2 is 1.75 bits per heavy atom. The first-order chi connectivity index (χ1) is 9.73. The van der Waals surface area contributed by atoms with E-state index in [1.165, 1.54) is 32.1 Å². The van der Waals surface area contributed by atoms with Crippen molar-refractivity contribution in [2.45, 2.75) is 62.7 Å². The molecule has 1 aromatic rings. The predicted molar refractivity (Wildman–Crippen MR) is 79.8 cm³/mol. The normalized spacial score (nSPS) is 23.3. The topological polar surface area (TPSA) is 44.5 Å². The Labute approximate surface area is 121 Å². The third kappa shape index (κ3) is 2.84. The molecule has 0 aliphatic heterocycles. The summed E-state index contributed by atoms with van der Waals surface area (Å²) in [5, 5.41) is 0. The Hall–Kier alpha value is -1.06. The van der Waals surface area contributed by atoms with Crippen molar-refractivity contribution in [3.8, 4) is 5.75 Å². The van der Waals surface area contributed by atoms with E-state index in [2.05, 4.69) is 12.1 Å². The molecule has 1 aromatic carbocycles. The van der Waals surface area contributed by atoms with E-state index in [0.717, 1.165) is 24.2 Å². The molecule has 20 heavy (non-hydrogen) atoms. The average molecular weight is 275 g/mol. The third-order valence-corrected chi connectivity index (χ3v) is 4.74. The molecule has 3 rings (SSSR count). The van der Waals surface area contributed by atoms with Gasteiger partial charge in [0, 0.05) is 7.11 Å². The van der Waals surface area contributed by atoms with Crippen molar-refractivity contribution in [3.63, 3.8) is 0 Å². The van der Waals surface area contributed by atoms with E-state index in [1.54, 1.807) is 7.11 Å². The van der Waals surface area contributed by atoms with Crippen molar-refractivity contribution in [1.29, 1.82) is 0 Å². The van der Waals surface area contributed by atoms with Gasteiger partial charge in [0.15, 0.2) is 0 Å². The van der Waals surface area contributed by atoms with Crippen LogP contribution in [0.15, 0.2) is 24.3 Å². The second-order valence-corrected chi connectivity index (χ2v) is 6.19. The molecule has 2 aliphatic rings. The summed E-state index contributed by atoms with van der Waals surface area (Å²) < 4.78 is 11.6. The lowest BCUT2D eigenvalue weighted by Gasteiger charge is -2.41. The molecule has 0 heterocycles. The molecule has 1 unspecified atom stereocenters. The van der Waals surface area contributed by atoms with Gasteiger partial charge in [0.2, 0.25) is 0 Å². The monoisotopic (exact) mass is 275 g/mol. The number of hydrogen-bond acceptors (Lipinski definition) is 3. The molecular weight excluding hydrogens is 250 g/mol. The SMILES string of the molecule is COC1(C(N)c2ccc(OC3CC3)cc2)CCCCC1. The van der Waals surface area contributed by atoms with E-state index in [1.807, 2.05) is 12.1 Å². The second kappa shape index (κ2) is 5.74. The fraction of sp³-hybridized carbons (Fsp3) is 0.647. The highest BCUT2D eigenvalue weighted by molar-refractivity contribution is 5.31. The molecule has 0 bridgehead atoms. The summed E-state index contributed by atoms with van der Waals surface area (Å²) in [5.41, 5.74) is 7.48. The van der Waals surface area contributed by atoms with Gasteiger partial charge >= 0.3 is 0 Å². The van der Waals surface area contributed by atoms with Crippen molar-refractivity contribution >= 4 is 0 Å². The van der Waals surface area contributed by atoms with Crippen LogP contribution in [0.1, 0.15) is 56.6 Å². The van der Waals surface area contributed by atoms with Gasteiger partial charge in [0.25, 0.3) is 0 Å². The quantitative estimate of drug-likeness (QED) is 0.893. The van der Waals surface area contributed by atoms with E-state index < -0.39 is 0 Å². The van der Waals surface area contributed by atoms with Crippen LogP contribution >= 0.6 is 0 Å². The number of hydrogen-bond donors (Lipinski definition) is 1. The summed E-state index contributed by atoms with van der Waals surface area (Å²) >= 11 is 0. The van der Waals surface area contributed by atoms with Crippen LogP contribution in [0.3, 0.4) is 0 Å². The minimum atomic E-state index is -0.183. The van der Waals surface area contributed by atoms with Crippen molar-refractivity contribution < 1.29 is 9.47 Å². The zero-order valence-electron chi connectivity index (χ0n) is 12.3. The molecule has 2 saturated carbocycles. The van der Waals surface area contributed by atoms with E-state index in [9.17, 15) is 0 Å². The van der Waals surface area contributed by atoms with Gasteiger partial charge in [-0.2, -0.15) is 0 Å². The summed E-state index contributed by atoms with van der Waals surface area (Å²) in [6.07, 6.45) is 8.66. The number of benzene rings is 1. The minimum absolute atomic E-state index is 0.0530. The predicted octanol–water partition coefficient (Wildman–Crippen LogP) is 3.58. The molecule has 0 spiro atoms. The van der Waals surface area contributed by atoms with Crippen LogP contribution in [0.2, 0.25) is 0 Å². The lowest BCUT2D eigenvalue weighted by Crippen LogP contribution is -2.44. The summed E-state index contributed by atoms with van der Waals surface area (Å²) in [6, 6.07) is 8.22. The Balaban J connectivity index is 1.72. The maximum Gasteiger partial charge on any atom is 0.119 e. The Kier molecular flexibility index (Phi) is 3.99. The van der Waals surface area contributed by atoms with Crippen LogP contribution < -0.4 is 10.5 Å². The first-order valence-electron chi connectivity index (χ1n) is 7.81. The van der Waals surface area contributed by atoms with Gasteiger partial charge in [-0.15, -0.1) is 0 Å². The fourth-order valence-electron chi connectivity index (χ4n) is 3.23. The molecule has 0 aromatic heterocycles. The molecule has 110 valence electrons. The highest BCUT2D eigenvalue weighted by Crippen LogP contribution is 2.40. The van der Waals surface area contributed by atoms with Crippen molar-refractivity contribution in [3.05, 3.63) is 29.8 Å². The van der Waals surface area contributed by atoms with Crippen LogP contribution in [0.4, 0.5) is 0 Å². The molecule has 3 nitrogen and oxygen atoms in total. The fourth-order valence-corrected chi connectivity index (χ4v) is 3.23. The zero-order valence-corrected chi connectivity index (χ0v) is 12.3. The average Bonchev–Trinajstić information content (AvgIpc) is 3.32. The molecule has 3 heteroatoms. The van der Waals surface area contributed by atoms with Crippen LogP contribution in [0, 0.1) is 0 Å². The van der Waals surface area contributed by atoms with Gasteiger partial charge in [-0.3, -0.25) is 0 Å². The van der Waals surface area contributed by atoms with Crippen LogP contribution in [0.5, 0.6) is 5.75 Å². The lowest BCUT2D eigenvalue weighted by molar-refractivity contribution is -0.0595. The first kappa shape index (κ1) is 13.9. The maximum absolute atomic E-state index is 6.51. The van der Waals surface area contributed by atoms with Crippen LogP contribution in [-0.4, -0.2) is 18.8 Å². The number of nitrogens with two attached hydrogens (primary N) is 1. The van der Waals surface area contributed by atoms with E-state index >= 15 is 0 Å². The van der Waals surface area contributed by atoms with E-state index in [4.69, 9.17) is 15.2 Å². The highest BCUT2D eigenvalue weighted by atomic mass is 16.5. The molecule has 0 saturated heterocycles. The zero-order chi connectivity index (χ0) is 14.0. The van der Waals surface area contributed by atoms with Crippen LogP contribution in [-0.2, 0) is 4.74 Å². The Bertz CT molecular complexity index is 433. The molecule has 0 amide bonds.